The van der Waals surface area contributed by atoms with Crippen molar-refractivity contribution in [1.29, 1.82) is 0 Å². The average molecular weight is 428 g/mol. The van der Waals surface area contributed by atoms with Crippen LogP contribution in [0.15, 0.2) is 28.0 Å². The fourth-order valence-corrected chi connectivity index (χ4v) is 5.58. The molecule has 3 rings (SSSR count). The Morgan fingerprint density at radius 2 is 2.04 bits per heavy atom. The Hall–Kier alpha value is -1.13. The van der Waals surface area contributed by atoms with Gasteiger partial charge in [0.15, 0.2) is 0 Å². The maximum absolute atomic E-state index is 12.8. The molecule has 0 unspecified atom stereocenters. The third kappa shape index (κ3) is 5.27. The van der Waals surface area contributed by atoms with Gasteiger partial charge in [-0.3, -0.25) is 9.69 Å². The van der Waals surface area contributed by atoms with Gasteiger partial charge < -0.3 is 9.64 Å². The van der Waals surface area contributed by atoms with E-state index in [0.29, 0.717) is 24.8 Å². The molecule has 7 nitrogen and oxygen atoms in total. The summed E-state index contributed by atoms with van der Waals surface area (Å²) in [5.41, 5.74) is 0.694. The van der Waals surface area contributed by atoms with Crippen LogP contribution in [0.25, 0.3) is 0 Å². The predicted octanol–water partition coefficient (Wildman–Crippen LogP) is 1.92. The first-order valence-corrected chi connectivity index (χ1v) is 12.2. The standard InChI is InChI=1S/C19H29N3O4S2/c1-15(21-9-11-26-12-10-21)6-7-20-28(24,25)17-4-5-19-18(14-17)22(16(2)23)8-3-13-27-19/h4-5,14-15,20H,3,6-13H2,1-2H3/t15-/m0/s1. The molecule has 1 saturated heterocycles. The van der Waals surface area contributed by atoms with Gasteiger partial charge in [-0.25, -0.2) is 13.1 Å². The summed E-state index contributed by atoms with van der Waals surface area (Å²) in [6.07, 6.45) is 1.62. The van der Waals surface area contributed by atoms with Gasteiger partial charge in [-0.1, -0.05) is 0 Å². The molecule has 9 heteroatoms. The number of carbonyl (C=O) groups is 1. The molecular formula is C19H29N3O4S2. The molecule has 0 aliphatic carbocycles. The Bertz CT molecular complexity index is 794. The zero-order valence-corrected chi connectivity index (χ0v) is 18.2. The van der Waals surface area contributed by atoms with Crippen molar-refractivity contribution in [2.45, 2.75) is 42.5 Å². The molecular weight excluding hydrogens is 398 g/mol. The molecule has 1 aromatic rings. The van der Waals surface area contributed by atoms with E-state index in [0.717, 1.165) is 49.8 Å². The number of thioether (sulfide) groups is 1. The first-order valence-electron chi connectivity index (χ1n) is 9.75. The van der Waals surface area contributed by atoms with Crippen LogP contribution in [0.1, 0.15) is 26.7 Å². The fourth-order valence-electron chi connectivity index (χ4n) is 3.54. The van der Waals surface area contributed by atoms with Crippen LogP contribution in [-0.2, 0) is 19.6 Å². The van der Waals surface area contributed by atoms with Crippen LogP contribution in [0.3, 0.4) is 0 Å². The second-order valence-corrected chi connectivity index (χ2v) is 10.1. The SMILES string of the molecule is CC(=O)N1CCCSc2ccc(S(=O)(=O)NCC[C@H](C)N3CCOCC3)cc21. The Labute approximate surface area is 171 Å². The normalized spacial score (nSPS) is 19.7. The van der Waals surface area contributed by atoms with E-state index < -0.39 is 10.0 Å². The summed E-state index contributed by atoms with van der Waals surface area (Å²) in [6.45, 7) is 7.86. The Kier molecular flexibility index (Phi) is 7.38. The third-order valence-electron chi connectivity index (χ3n) is 5.22. The molecule has 2 heterocycles. The first kappa shape index (κ1) is 21.6. The van der Waals surface area contributed by atoms with Gasteiger partial charge in [0.1, 0.15) is 0 Å². The number of hydrogen-bond acceptors (Lipinski definition) is 6. The molecule has 1 aromatic carbocycles. The number of ether oxygens (including phenoxy) is 1. The van der Waals surface area contributed by atoms with Crippen LogP contribution >= 0.6 is 11.8 Å². The second kappa shape index (κ2) is 9.58. The lowest BCUT2D eigenvalue weighted by molar-refractivity contribution is -0.116. The number of nitrogens with one attached hydrogen (secondary N) is 1. The van der Waals surface area contributed by atoms with Crippen molar-refractivity contribution in [2.24, 2.45) is 0 Å². The lowest BCUT2D eigenvalue weighted by Gasteiger charge is -2.32. The van der Waals surface area contributed by atoms with E-state index in [1.54, 1.807) is 28.8 Å². The summed E-state index contributed by atoms with van der Waals surface area (Å²) in [7, 11) is -3.62. The number of anilines is 1. The van der Waals surface area contributed by atoms with E-state index in [-0.39, 0.29) is 10.8 Å². The van der Waals surface area contributed by atoms with Crippen molar-refractivity contribution in [1.82, 2.24) is 9.62 Å². The maximum atomic E-state index is 12.8. The Balaban J connectivity index is 1.67. The van der Waals surface area contributed by atoms with E-state index in [2.05, 4.69) is 16.5 Å². The van der Waals surface area contributed by atoms with Crippen molar-refractivity contribution in [2.75, 3.05) is 50.0 Å². The van der Waals surface area contributed by atoms with Gasteiger partial charge in [-0.05, 0) is 43.7 Å². The molecule has 2 aliphatic heterocycles. The summed E-state index contributed by atoms with van der Waals surface area (Å²) >= 11 is 1.66. The molecule has 0 bridgehead atoms. The predicted molar refractivity (Wildman–Crippen MR) is 111 cm³/mol. The highest BCUT2D eigenvalue weighted by Crippen LogP contribution is 2.35. The summed E-state index contributed by atoms with van der Waals surface area (Å²) in [5, 5.41) is 0. The zero-order valence-electron chi connectivity index (χ0n) is 16.5. The summed E-state index contributed by atoms with van der Waals surface area (Å²) in [6, 6.07) is 5.36. The average Bonchev–Trinajstić information content (AvgIpc) is 2.90. The molecule has 156 valence electrons. The number of benzene rings is 1. The number of nitrogens with zero attached hydrogens (tertiary/aromatic N) is 2. The molecule has 1 amide bonds. The second-order valence-electron chi connectivity index (χ2n) is 7.19. The highest BCUT2D eigenvalue weighted by Gasteiger charge is 2.23. The molecule has 28 heavy (non-hydrogen) atoms. The topological polar surface area (TPSA) is 79.0 Å². The number of rotatable bonds is 6. The van der Waals surface area contributed by atoms with Crippen molar-refractivity contribution in [3.05, 3.63) is 18.2 Å². The monoisotopic (exact) mass is 427 g/mol. The Morgan fingerprint density at radius 3 is 2.75 bits per heavy atom. The zero-order chi connectivity index (χ0) is 20.1. The van der Waals surface area contributed by atoms with Crippen LogP contribution in [-0.4, -0.2) is 70.4 Å². The van der Waals surface area contributed by atoms with E-state index in [1.807, 2.05) is 6.07 Å². The van der Waals surface area contributed by atoms with Gasteiger partial charge in [0.2, 0.25) is 15.9 Å². The van der Waals surface area contributed by atoms with Gasteiger partial charge in [0, 0.05) is 44.0 Å². The summed E-state index contributed by atoms with van der Waals surface area (Å²) < 4.78 is 33.6. The van der Waals surface area contributed by atoms with Crippen molar-refractivity contribution in [3.63, 3.8) is 0 Å². The van der Waals surface area contributed by atoms with Crippen molar-refractivity contribution < 1.29 is 17.9 Å². The van der Waals surface area contributed by atoms with Gasteiger partial charge in [-0.2, -0.15) is 0 Å². The highest BCUT2D eigenvalue weighted by molar-refractivity contribution is 7.99. The smallest absolute Gasteiger partial charge is 0.240 e. The quantitative estimate of drug-likeness (QED) is 0.747. The molecule has 0 spiro atoms. The number of sulfonamides is 1. The molecule has 2 aliphatic rings. The number of morpholine rings is 1. The molecule has 1 atom stereocenters. The number of carbonyl (C=O) groups excluding carboxylic acids is 1. The lowest BCUT2D eigenvalue weighted by Crippen LogP contribution is -2.43. The minimum absolute atomic E-state index is 0.0643. The molecule has 1 N–H and O–H groups in total. The molecule has 0 saturated carbocycles. The van der Waals surface area contributed by atoms with Gasteiger partial charge in [0.05, 0.1) is 23.8 Å². The fraction of sp³-hybridized carbons (Fsp3) is 0.632. The van der Waals surface area contributed by atoms with Gasteiger partial charge in [-0.15, -0.1) is 11.8 Å². The van der Waals surface area contributed by atoms with E-state index in [1.165, 1.54) is 6.92 Å². The minimum Gasteiger partial charge on any atom is -0.379 e. The lowest BCUT2D eigenvalue weighted by atomic mass is 10.2. The number of fused-ring (bicyclic) bond motifs is 1. The summed E-state index contributed by atoms with van der Waals surface area (Å²) in [5.74, 6) is 0.853. The van der Waals surface area contributed by atoms with Gasteiger partial charge in [0.25, 0.3) is 0 Å². The highest BCUT2D eigenvalue weighted by atomic mass is 32.2. The van der Waals surface area contributed by atoms with Crippen LogP contribution in [0.5, 0.6) is 0 Å². The first-order chi connectivity index (χ1) is 13.4. The van der Waals surface area contributed by atoms with Crippen LogP contribution in [0, 0.1) is 0 Å². The minimum atomic E-state index is -3.62. The van der Waals surface area contributed by atoms with Crippen LogP contribution in [0.2, 0.25) is 0 Å². The third-order valence-corrected chi connectivity index (χ3v) is 7.83. The van der Waals surface area contributed by atoms with E-state index in [9.17, 15) is 13.2 Å². The maximum Gasteiger partial charge on any atom is 0.240 e. The Morgan fingerprint density at radius 1 is 1.29 bits per heavy atom. The van der Waals surface area contributed by atoms with E-state index in [4.69, 9.17) is 4.74 Å². The number of hydrogen-bond donors (Lipinski definition) is 1. The molecule has 1 fully saturated rings. The largest absolute Gasteiger partial charge is 0.379 e. The van der Waals surface area contributed by atoms with Crippen LogP contribution in [0.4, 0.5) is 5.69 Å². The van der Waals surface area contributed by atoms with Crippen molar-refractivity contribution in [3.8, 4) is 0 Å². The van der Waals surface area contributed by atoms with Crippen molar-refractivity contribution >= 4 is 33.4 Å². The number of amides is 1. The van der Waals surface area contributed by atoms with E-state index >= 15 is 0 Å². The summed E-state index contributed by atoms with van der Waals surface area (Å²) in [4.78, 5) is 17.2. The molecule has 0 radical (unpaired) electrons. The molecule has 0 aromatic heterocycles. The van der Waals surface area contributed by atoms with Gasteiger partial charge >= 0.3 is 0 Å². The van der Waals surface area contributed by atoms with Crippen LogP contribution < -0.4 is 9.62 Å².